The van der Waals surface area contributed by atoms with Gasteiger partial charge in [-0.05, 0) is 49.2 Å². The Kier molecular flexibility index (Phi) is 8.82. The maximum atomic E-state index is 12.5. The SMILES string of the molecule is O=C(Nc1ccccc1OCC(O)CN1CCC(Oc2ccc(Cl)c(Cl)c2)CC1)c1cccnc1. The molecule has 9 heteroatoms. The van der Waals surface area contributed by atoms with Crippen LogP contribution in [0.5, 0.6) is 11.5 Å². The number of amides is 1. The van der Waals surface area contributed by atoms with E-state index >= 15 is 0 Å². The molecule has 1 aliphatic heterocycles. The van der Waals surface area contributed by atoms with Gasteiger partial charge in [0.05, 0.1) is 21.3 Å². The standard InChI is InChI=1S/C26H27Cl2N3O4/c27-22-8-7-21(14-23(22)28)35-20-9-12-31(13-10-20)16-19(32)17-34-25-6-2-1-5-24(25)30-26(33)18-4-3-11-29-15-18/h1-8,11,14-15,19-20,32H,9-10,12-13,16-17H2,(H,30,33). The second-order valence-corrected chi connectivity index (χ2v) is 9.16. The van der Waals surface area contributed by atoms with Gasteiger partial charge >= 0.3 is 0 Å². The van der Waals surface area contributed by atoms with Crippen molar-refractivity contribution in [3.63, 3.8) is 0 Å². The lowest BCUT2D eigenvalue weighted by atomic mass is 10.1. The molecule has 1 aromatic heterocycles. The summed E-state index contributed by atoms with van der Waals surface area (Å²) in [5.74, 6) is 0.929. The number of ether oxygens (including phenoxy) is 2. The number of nitrogens with one attached hydrogen (secondary N) is 1. The number of benzene rings is 2. The number of aliphatic hydroxyl groups is 1. The number of halogens is 2. The zero-order chi connectivity index (χ0) is 24.6. The Bertz CT molecular complexity index is 1120. The summed E-state index contributed by atoms with van der Waals surface area (Å²) in [4.78, 5) is 18.6. The van der Waals surface area contributed by atoms with E-state index in [0.717, 1.165) is 25.9 Å². The summed E-state index contributed by atoms with van der Waals surface area (Å²) in [6.07, 6.45) is 4.22. The first-order valence-corrected chi connectivity index (χ1v) is 12.2. The number of para-hydroxylation sites is 2. The maximum absolute atomic E-state index is 12.5. The van der Waals surface area contributed by atoms with E-state index in [1.165, 1.54) is 6.20 Å². The fraction of sp³-hybridized carbons (Fsp3) is 0.308. The zero-order valence-corrected chi connectivity index (χ0v) is 20.6. The number of hydrogen-bond donors (Lipinski definition) is 2. The van der Waals surface area contributed by atoms with Crippen LogP contribution in [0, 0.1) is 0 Å². The fourth-order valence-electron chi connectivity index (χ4n) is 3.88. The van der Waals surface area contributed by atoms with Gasteiger partial charge < -0.3 is 24.8 Å². The number of aromatic nitrogens is 1. The van der Waals surface area contributed by atoms with E-state index in [1.807, 2.05) is 18.2 Å². The lowest BCUT2D eigenvalue weighted by Crippen LogP contribution is -2.43. The third-order valence-electron chi connectivity index (χ3n) is 5.69. The lowest BCUT2D eigenvalue weighted by Gasteiger charge is -2.33. The van der Waals surface area contributed by atoms with Crippen molar-refractivity contribution < 1.29 is 19.4 Å². The molecule has 0 bridgehead atoms. The number of anilines is 1. The molecule has 4 rings (SSSR count). The number of nitrogens with zero attached hydrogens (tertiary/aromatic N) is 2. The number of hydrogen-bond acceptors (Lipinski definition) is 6. The van der Waals surface area contributed by atoms with Gasteiger partial charge in [-0.1, -0.05) is 35.3 Å². The molecule has 1 saturated heterocycles. The van der Waals surface area contributed by atoms with Gasteiger partial charge in [-0.3, -0.25) is 9.78 Å². The first-order chi connectivity index (χ1) is 17.0. The molecule has 0 radical (unpaired) electrons. The van der Waals surface area contributed by atoms with Crippen molar-refractivity contribution in [2.45, 2.75) is 25.0 Å². The van der Waals surface area contributed by atoms with Crippen molar-refractivity contribution in [3.8, 4) is 11.5 Å². The number of β-amino-alcohol motifs (C(OH)–C–C–N with tert-alkyl or cyclic N) is 1. The number of rotatable bonds is 9. The summed E-state index contributed by atoms with van der Waals surface area (Å²) in [5, 5.41) is 14.4. The second kappa shape index (κ2) is 12.2. The molecular weight excluding hydrogens is 489 g/mol. The van der Waals surface area contributed by atoms with Gasteiger partial charge in [0.2, 0.25) is 0 Å². The van der Waals surface area contributed by atoms with Crippen LogP contribution >= 0.6 is 23.2 Å². The first kappa shape index (κ1) is 25.3. The predicted octanol–water partition coefficient (Wildman–Crippen LogP) is 4.92. The van der Waals surface area contributed by atoms with E-state index in [1.54, 1.807) is 42.6 Å². The van der Waals surface area contributed by atoms with Gasteiger partial charge in [0.25, 0.3) is 5.91 Å². The number of carbonyl (C=O) groups is 1. The molecule has 7 nitrogen and oxygen atoms in total. The molecule has 2 N–H and O–H groups in total. The van der Waals surface area contributed by atoms with E-state index in [0.29, 0.717) is 39.3 Å². The molecule has 2 aromatic carbocycles. The van der Waals surface area contributed by atoms with Crippen LogP contribution in [0.25, 0.3) is 0 Å². The summed E-state index contributed by atoms with van der Waals surface area (Å²) in [6.45, 7) is 2.21. The molecule has 1 atom stereocenters. The average molecular weight is 516 g/mol. The van der Waals surface area contributed by atoms with Crippen molar-refractivity contribution >= 4 is 34.8 Å². The number of likely N-dealkylation sites (tertiary alicyclic amines) is 1. The van der Waals surface area contributed by atoms with Crippen LogP contribution in [0.3, 0.4) is 0 Å². The minimum absolute atomic E-state index is 0.0900. The van der Waals surface area contributed by atoms with E-state index in [-0.39, 0.29) is 18.6 Å². The fourth-order valence-corrected chi connectivity index (χ4v) is 4.16. The molecule has 1 amide bonds. The Morgan fingerprint density at radius 1 is 1.11 bits per heavy atom. The Balaban J connectivity index is 1.22. The van der Waals surface area contributed by atoms with Gasteiger partial charge in [-0.25, -0.2) is 0 Å². The maximum Gasteiger partial charge on any atom is 0.257 e. The van der Waals surface area contributed by atoms with Gasteiger partial charge in [0.15, 0.2) is 0 Å². The topological polar surface area (TPSA) is 83.9 Å². The molecule has 0 saturated carbocycles. The minimum Gasteiger partial charge on any atom is -0.490 e. The lowest BCUT2D eigenvalue weighted by molar-refractivity contribution is 0.0403. The van der Waals surface area contributed by atoms with Crippen molar-refractivity contribution in [3.05, 3.63) is 82.6 Å². The zero-order valence-electron chi connectivity index (χ0n) is 19.1. The summed E-state index contributed by atoms with van der Waals surface area (Å²) in [7, 11) is 0. The van der Waals surface area contributed by atoms with Crippen LogP contribution in [0.4, 0.5) is 5.69 Å². The van der Waals surface area contributed by atoms with Crippen molar-refractivity contribution in [1.29, 1.82) is 0 Å². The molecule has 1 fully saturated rings. The van der Waals surface area contributed by atoms with Gasteiger partial charge in [0.1, 0.15) is 30.3 Å². The highest BCUT2D eigenvalue weighted by Crippen LogP contribution is 2.28. The molecular formula is C26H27Cl2N3O4. The highest BCUT2D eigenvalue weighted by molar-refractivity contribution is 6.42. The number of piperidine rings is 1. The Morgan fingerprint density at radius 2 is 1.91 bits per heavy atom. The third-order valence-corrected chi connectivity index (χ3v) is 6.43. The van der Waals surface area contributed by atoms with Crippen molar-refractivity contribution in [2.75, 3.05) is 31.6 Å². The molecule has 1 unspecified atom stereocenters. The summed E-state index contributed by atoms with van der Waals surface area (Å²) in [6, 6.07) is 15.8. The largest absolute Gasteiger partial charge is 0.490 e. The summed E-state index contributed by atoms with van der Waals surface area (Å²) in [5.41, 5.74) is 0.989. The normalized spacial score (nSPS) is 15.4. The van der Waals surface area contributed by atoms with Crippen LogP contribution in [0.1, 0.15) is 23.2 Å². The van der Waals surface area contributed by atoms with Crippen LogP contribution in [-0.4, -0.2) is 59.3 Å². The van der Waals surface area contributed by atoms with Crippen molar-refractivity contribution in [2.24, 2.45) is 0 Å². The molecule has 184 valence electrons. The third kappa shape index (κ3) is 7.32. The highest BCUT2D eigenvalue weighted by atomic mass is 35.5. The molecule has 1 aliphatic rings. The minimum atomic E-state index is -0.676. The van der Waals surface area contributed by atoms with Crippen LogP contribution in [0.2, 0.25) is 10.0 Å². The van der Waals surface area contributed by atoms with E-state index in [2.05, 4.69) is 15.2 Å². The van der Waals surface area contributed by atoms with Gasteiger partial charge in [-0.15, -0.1) is 0 Å². The van der Waals surface area contributed by atoms with Crippen molar-refractivity contribution in [1.82, 2.24) is 9.88 Å². The molecule has 35 heavy (non-hydrogen) atoms. The molecule has 2 heterocycles. The quantitative estimate of drug-likeness (QED) is 0.420. The van der Waals surface area contributed by atoms with Crippen LogP contribution in [0.15, 0.2) is 67.0 Å². The van der Waals surface area contributed by atoms with Gasteiger partial charge in [0, 0.05) is 38.1 Å². The predicted molar refractivity (Wildman–Crippen MR) is 137 cm³/mol. The van der Waals surface area contributed by atoms with Crippen LogP contribution in [-0.2, 0) is 0 Å². The molecule has 0 spiro atoms. The average Bonchev–Trinajstić information content (AvgIpc) is 2.87. The summed E-state index contributed by atoms with van der Waals surface area (Å²) >= 11 is 12.0. The number of pyridine rings is 1. The summed E-state index contributed by atoms with van der Waals surface area (Å²) < 4.78 is 11.9. The van der Waals surface area contributed by atoms with E-state index < -0.39 is 6.10 Å². The molecule has 3 aromatic rings. The van der Waals surface area contributed by atoms with Gasteiger partial charge in [-0.2, -0.15) is 0 Å². The number of aliphatic hydroxyl groups excluding tert-OH is 1. The first-order valence-electron chi connectivity index (χ1n) is 11.4. The Hall–Kier alpha value is -2.84. The monoisotopic (exact) mass is 515 g/mol. The van der Waals surface area contributed by atoms with E-state index in [4.69, 9.17) is 32.7 Å². The number of carbonyl (C=O) groups excluding carboxylic acids is 1. The highest BCUT2D eigenvalue weighted by Gasteiger charge is 2.23. The van der Waals surface area contributed by atoms with E-state index in [9.17, 15) is 9.90 Å². The Morgan fingerprint density at radius 3 is 2.66 bits per heavy atom. The van der Waals surface area contributed by atoms with Crippen LogP contribution < -0.4 is 14.8 Å². The Labute approximate surface area is 214 Å². The second-order valence-electron chi connectivity index (χ2n) is 8.35. The smallest absolute Gasteiger partial charge is 0.257 e. The molecule has 0 aliphatic carbocycles.